The smallest absolute Gasteiger partial charge is 0.251 e. The van der Waals surface area contributed by atoms with E-state index in [1.165, 1.54) is 25.7 Å². The quantitative estimate of drug-likeness (QED) is 0.691. The number of hydrogen-bond acceptors (Lipinski definition) is 5. The van der Waals surface area contributed by atoms with Crippen molar-refractivity contribution in [3.05, 3.63) is 48.2 Å². The molecule has 0 spiro atoms. The van der Waals surface area contributed by atoms with Crippen LogP contribution in [0.1, 0.15) is 42.5 Å². The molecule has 2 aromatic rings. The second kappa shape index (κ2) is 11.3. The minimum absolute atomic E-state index is 0.0110. The number of amides is 1. The van der Waals surface area contributed by atoms with E-state index < -0.39 is 0 Å². The normalized spacial score (nSPS) is 17.9. The van der Waals surface area contributed by atoms with Gasteiger partial charge >= 0.3 is 0 Å². The van der Waals surface area contributed by atoms with Crippen molar-refractivity contribution in [3.8, 4) is 11.1 Å². The first-order valence-corrected chi connectivity index (χ1v) is 11.7. The van der Waals surface area contributed by atoms with E-state index in [4.69, 9.17) is 9.72 Å². The minimum Gasteiger partial charge on any atom is -0.379 e. The van der Waals surface area contributed by atoms with Gasteiger partial charge in [-0.2, -0.15) is 0 Å². The first-order valence-electron chi connectivity index (χ1n) is 11.7. The van der Waals surface area contributed by atoms with Crippen molar-refractivity contribution in [2.45, 2.75) is 32.1 Å². The molecule has 1 N–H and O–H groups in total. The van der Waals surface area contributed by atoms with Crippen molar-refractivity contribution in [1.29, 1.82) is 0 Å². The highest BCUT2D eigenvalue weighted by Crippen LogP contribution is 2.23. The van der Waals surface area contributed by atoms with Crippen LogP contribution in [0.3, 0.4) is 0 Å². The average Bonchev–Trinajstić information content (AvgIpc) is 3.12. The Hall–Kier alpha value is -2.44. The first kappa shape index (κ1) is 21.8. The Balaban J connectivity index is 1.26. The van der Waals surface area contributed by atoms with Crippen molar-refractivity contribution >= 4 is 11.7 Å². The highest BCUT2D eigenvalue weighted by molar-refractivity contribution is 5.94. The third-order valence-corrected chi connectivity index (χ3v) is 6.20. The van der Waals surface area contributed by atoms with E-state index in [9.17, 15) is 4.79 Å². The Morgan fingerprint density at radius 1 is 0.903 bits per heavy atom. The fourth-order valence-corrected chi connectivity index (χ4v) is 4.29. The molecule has 6 nitrogen and oxygen atoms in total. The van der Waals surface area contributed by atoms with Crippen LogP contribution in [-0.4, -0.2) is 68.3 Å². The van der Waals surface area contributed by atoms with Crippen LogP contribution in [0.2, 0.25) is 0 Å². The number of pyridine rings is 1. The number of rotatable bonds is 7. The molecule has 2 aliphatic rings. The minimum atomic E-state index is -0.0110. The fourth-order valence-electron chi connectivity index (χ4n) is 4.29. The molecule has 1 aromatic heterocycles. The van der Waals surface area contributed by atoms with Crippen LogP contribution in [-0.2, 0) is 4.74 Å². The van der Waals surface area contributed by atoms with Gasteiger partial charge in [-0.25, -0.2) is 4.98 Å². The second-order valence-corrected chi connectivity index (χ2v) is 8.45. The van der Waals surface area contributed by atoms with E-state index in [0.717, 1.165) is 69.3 Å². The third-order valence-electron chi connectivity index (χ3n) is 6.20. The Morgan fingerprint density at radius 3 is 2.29 bits per heavy atom. The second-order valence-electron chi connectivity index (χ2n) is 8.45. The molecule has 166 valence electrons. The standard InChI is InChI=1S/C25H34N4O2/c30-25(26-12-5-13-28-16-18-31-19-17-28)22-8-6-21(7-9-22)23-10-11-24(27-20-23)29-14-3-1-2-4-15-29/h6-11,20H,1-5,12-19H2,(H,26,30). The summed E-state index contributed by atoms with van der Waals surface area (Å²) in [7, 11) is 0. The predicted molar refractivity (Wildman–Crippen MR) is 125 cm³/mol. The number of morpholine rings is 1. The van der Waals surface area contributed by atoms with Gasteiger partial charge in [-0.05, 0) is 55.6 Å². The fraction of sp³-hybridized carbons (Fsp3) is 0.520. The van der Waals surface area contributed by atoms with Gasteiger partial charge in [0.1, 0.15) is 5.82 Å². The molecule has 6 heteroatoms. The Kier molecular flexibility index (Phi) is 7.91. The first-order chi connectivity index (χ1) is 15.3. The summed E-state index contributed by atoms with van der Waals surface area (Å²) < 4.78 is 5.36. The molecule has 0 atom stereocenters. The summed E-state index contributed by atoms with van der Waals surface area (Å²) in [6.45, 7) is 7.50. The topological polar surface area (TPSA) is 57.7 Å². The molecule has 0 saturated carbocycles. The number of carbonyl (C=O) groups is 1. The molecular formula is C25H34N4O2. The van der Waals surface area contributed by atoms with E-state index in [2.05, 4.69) is 27.2 Å². The number of carbonyl (C=O) groups excluding carboxylic acids is 1. The molecule has 31 heavy (non-hydrogen) atoms. The van der Waals surface area contributed by atoms with Gasteiger partial charge in [-0.1, -0.05) is 25.0 Å². The lowest BCUT2D eigenvalue weighted by Crippen LogP contribution is -2.38. The van der Waals surface area contributed by atoms with E-state index >= 15 is 0 Å². The van der Waals surface area contributed by atoms with E-state index in [1.54, 1.807) is 0 Å². The van der Waals surface area contributed by atoms with Crippen molar-refractivity contribution in [3.63, 3.8) is 0 Å². The number of nitrogens with zero attached hydrogens (tertiary/aromatic N) is 3. The van der Waals surface area contributed by atoms with Crippen LogP contribution in [0.25, 0.3) is 11.1 Å². The van der Waals surface area contributed by atoms with Crippen molar-refractivity contribution < 1.29 is 9.53 Å². The van der Waals surface area contributed by atoms with Gasteiger partial charge in [0.2, 0.25) is 0 Å². The van der Waals surface area contributed by atoms with Crippen LogP contribution in [0, 0.1) is 0 Å². The van der Waals surface area contributed by atoms with Crippen LogP contribution in [0.15, 0.2) is 42.6 Å². The van der Waals surface area contributed by atoms with Crippen LogP contribution >= 0.6 is 0 Å². The number of anilines is 1. The molecule has 2 saturated heterocycles. The zero-order valence-corrected chi connectivity index (χ0v) is 18.4. The zero-order valence-electron chi connectivity index (χ0n) is 18.4. The molecular weight excluding hydrogens is 388 g/mol. The number of ether oxygens (including phenoxy) is 1. The summed E-state index contributed by atoms with van der Waals surface area (Å²) in [6, 6.07) is 12.1. The Bertz CT molecular complexity index is 808. The van der Waals surface area contributed by atoms with Gasteiger partial charge < -0.3 is 15.0 Å². The maximum atomic E-state index is 12.4. The van der Waals surface area contributed by atoms with Gasteiger partial charge in [0.25, 0.3) is 5.91 Å². The third kappa shape index (κ3) is 6.28. The summed E-state index contributed by atoms with van der Waals surface area (Å²) in [6.07, 6.45) is 8.05. The Morgan fingerprint density at radius 2 is 1.61 bits per heavy atom. The summed E-state index contributed by atoms with van der Waals surface area (Å²) in [4.78, 5) is 21.9. The molecule has 0 unspecified atom stereocenters. The van der Waals surface area contributed by atoms with Gasteiger partial charge in [-0.3, -0.25) is 9.69 Å². The lowest BCUT2D eigenvalue weighted by atomic mass is 10.1. The monoisotopic (exact) mass is 422 g/mol. The number of nitrogens with one attached hydrogen (secondary N) is 1. The maximum Gasteiger partial charge on any atom is 0.251 e. The largest absolute Gasteiger partial charge is 0.379 e. The lowest BCUT2D eigenvalue weighted by Gasteiger charge is -2.26. The number of aromatic nitrogens is 1. The molecule has 0 radical (unpaired) electrons. The van der Waals surface area contributed by atoms with E-state index in [0.29, 0.717) is 12.1 Å². The van der Waals surface area contributed by atoms with Crippen LogP contribution in [0.4, 0.5) is 5.82 Å². The number of benzene rings is 1. The zero-order chi connectivity index (χ0) is 21.3. The molecule has 1 amide bonds. The van der Waals surface area contributed by atoms with Crippen molar-refractivity contribution in [2.75, 3.05) is 57.4 Å². The van der Waals surface area contributed by atoms with Gasteiger partial charge in [0, 0.05) is 50.0 Å². The van der Waals surface area contributed by atoms with E-state index in [-0.39, 0.29) is 5.91 Å². The van der Waals surface area contributed by atoms with Crippen molar-refractivity contribution in [2.24, 2.45) is 0 Å². The molecule has 4 rings (SSSR count). The predicted octanol–water partition coefficient (Wildman–Crippen LogP) is 3.58. The molecule has 0 bridgehead atoms. The summed E-state index contributed by atoms with van der Waals surface area (Å²) >= 11 is 0. The molecule has 2 fully saturated rings. The van der Waals surface area contributed by atoms with Gasteiger partial charge in [0.15, 0.2) is 0 Å². The molecule has 0 aliphatic carbocycles. The highest BCUT2D eigenvalue weighted by Gasteiger charge is 2.12. The van der Waals surface area contributed by atoms with Crippen LogP contribution in [0.5, 0.6) is 0 Å². The van der Waals surface area contributed by atoms with Crippen LogP contribution < -0.4 is 10.2 Å². The number of hydrogen-bond donors (Lipinski definition) is 1. The summed E-state index contributed by atoms with van der Waals surface area (Å²) in [5, 5.41) is 3.03. The summed E-state index contributed by atoms with van der Waals surface area (Å²) in [5.74, 6) is 1.06. The van der Waals surface area contributed by atoms with Crippen molar-refractivity contribution in [1.82, 2.24) is 15.2 Å². The summed E-state index contributed by atoms with van der Waals surface area (Å²) in [5.41, 5.74) is 2.86. The van der Waals surface area contributed by atoms with Gasteiger partial charge in [0.05, 0.1) is 13.2 Å². The lowest BCUT2D eigenvalue weighted by molar-refractivity contribution is 0.0374. The molecule has 3 heterocycles. The molecule has 1 aromatic carbocycles. The molecule has 2 aliphatic heterocycles. The van der Waals surface area contributed by atoms with E-state index in [1.807, 2.05) is 30.5 Å². The van der Waals surface area contributed by atoms with Gasteiger partial charge in [-0.15, -0.1) is 0 Å². The highest BCUT2D eigenvalue weighted by atomic mass is 16.5. The maximum absolute atomic E-state index is 12.4. The SMILES string of the molecule is O=C(NCCCN1CCOCC1)c1ccc(-c2ccc(N3CCCCCC3)nc2)cc1. The average molecular weight is 423 g/mol. The Labute approximate surface area is 185 Å².